The van der Waals surface area contributed by atoms with Crippen molar-refractivity contribution in [2.24, 2.45) is 0 Å². The predicted octanol–water partition coefficient (Wildman–Crippen LogP) is 2.32. The zero-order valence-corrected chi connectivity index (χ0v) is 13.8. The van der Waals surface area contributed by atoms with E-state index in [9.17, 15) is 4.79 Å². The quantitative estimate of drug-likeness (QED) is 0.840. The number of hydrogen-bond acceptors (Lipinski definition) is 3. The monoisotopic (exact) mass is 302 g/mol. The Labute approximate surface area is 133 Å². The van der Waals surface area contributed by atoms with Gasteiger partial charge in [-0.25, -0.2) is 0 Å². The average molecular weight is 302 g/mol. The molecule has 120 valence electrons. The smallest absolute Gasteiger partial charge is 0.253 e. The highest BCUT2D eigenvalue weighted by atomic mass is 16.5. The molecule has 0 bridgehead atoms. The van der Waals surface area contributed by atoms with E-state index in [4.69, 9.17) is 4.74 Å². The summed E-state index contributed by atoms with van der Waals surface area (Å²) in [6, 6.07) is 8.37. The van der Waals surface area contributed by atoms with Gasteiger partial charge in [0.25, 0.3) is 5.91 Å². The van der Waals surface area contributed by atoms with Crippen LogP contribution in [0.3, 0.4) is 0 Å². The molecule has 0 N–H and O–H groups in total. The molecule has 0 aromatic heterocycles. The summed E-state index contributed by atoms with van der Waals surface area (Å²) in [5, 5.41) is 0. The van der Waals surface area contributed by atoms with Gasteiger partial charge >= 0.3 is 0 Å². The lowest BCUT2D eigenvalue weighted by atomic mass is 9.87. The second-order valence-corrected chi connectivity index (χ2v) is 6.97. The fourth-order valence-corrected chi connectivity index (χ4v) is 3.50. The van der Waals surface area contributed by atoms with Crippen LogP contribution in [0.2, 0.25) is 0 Å². The number of carbonyl (C=O) groups excluding carboxylic acids is 1. The Balaban J connectivity index is 1.60. The molecule has 1 aromatic rings. The van der Waals surface area contributed by atoms with E-state index >= 15 is 0 Å². The molecule has 0 radical (unpaired) electrons. The fourth-order valence-electron chi connectivity index (χ4n) is 3.50. The second kappa shape index (κ2) is 6.01. The van der Waals surface area contributed by atoms with Crippen LogP contribution in [0, 0.1) is 6.92 Å². The standard InChI is InChI=1S/C18H26N2O2/c1-14-4-6-15(7-5-14)17(21)20-10-8-18(9-11-20)12-16(13-22-18)19(2)3/h4-7,16H,8-13H2,1-3H3/t16-/m1/s1. The molecule has 2 fully saturated rings. The lowest BCUT2D eigenvalue weighted by Gasteiger charge is -2.39. The van der Waals surface area contributed by atoms with Crippen LogP contribution >= 0.6 is 0 Å². The van der Waals surface area contributed by atoms with Gasteiger partial charge in [0.2, 0.25) is 0 Å². The van der Waals surface area contributed by atoms with Crippen molar-refractivity contribution in [1.29, 1.82) is 0 Å². The number of likely N-dealkylation sites (N-methyl/N-ethyl adjacent to an activating group) is 1. The minimum absolute atomic E-state index is 0.000999. The van der Waals surface area contributed by atoms with Crippen LogP contribution in [0.15, 0.2) is 24.3 Å². The number of rotatable bonds is 2. The van der Waals surface area contributed by atoms with Crippen LogP contribution in [0.1, 0.15) is 35.2 Å². The number of piperidine rings is 1. The lowest BCUT2D eigenvalue weighted by molar-refractivity contribution is -0.0392. The van der Waals surface area contributed by atoms with Gasteiger partial charge in [0.05, 0.1) is 12.2 Å². The van der Waals surface area contributed by atoms with Crippen LogP contribution in [0.4, 0.5) is 0 Å². The second-order valence-electron chi connectivity index (χ2n) is 6.97. The van der Waals surface area contributed by atoms with E-state index in [0.717, 1.165) is 44.5 Å². The van der Waals surface area contributed by atoms with E-state index in [0.29, 0.717) is 6.04 Å². The predicted molar refractivity (Wildman–Crippen MR) is 87.1 cm³/mol. The number of amides is 1. The Morgan fingerprint density at radius 2 is 1.86 bits per heavy atom. The molecule has 1 spiro atoms. The molecule has 1 aromatic carbocycles. The van der Waals surface area contributed by atoms with Crippen LogP contribution in [0.25, 0.3) is 0 Å². The number of benzene rings is 1. The maximum absolute atomic E-state index is 12.6. The first-order valence-corrected chi connectivity index (χ1v) is 8.15. The highest BCUT2D eigenvalue weighted by molar-refractivity contribution is 5.94. The van der Waals surface area contributed by atoms with Crippen LogP contribution in [0.5, 0.6) is 0 Å². The Bertz CT molecular complexity index is 531. The van der Waals surface area contributed by atoms with Crippen molar-refractivity contribution >= 4 is 5.91 Å². The van der Waals surface area contributed by atoms with Crippen LogP contribution < -0.4 is 0 Å². The molecule has 1 amide bonds. The largest absolute Gasteiger partial charge is 0.373 e. The molecule has 2 saturated heterocycles. The summed E-state index contributed by atoms with van der Waals surface area (Å²) in [4.78, 5) is 16.8. The highest BCUT2D eigenvalue weighted by Gasteiger charge is 2.43. The fraction of sp³-hybridized carbons (Fsp3) is 0.611. The minimum Gasteiger partial charge on any atom is -0.373 e. The molecule has 4 nitrogen and oxygen atoms in total. The molecule has 2 aliphatic heterocycles. The van der Waals surface area contributed by atoms with Gasteiger partial charge in [-0.1, -0.05) is 17.7 Å². The van der Waals surface area contributed by atoms with Gasteiger partial charge in [0.1, 0.15) is 0 Å². The first kappa shape index (κ1) is 15.5. The molecule has 0 unspecified atom stereocenters. The Kier molecular flexibility index (Phi) is 4.24. The van der Waals surface area contributed by atoms with E-state index in [1.165, 1.54) is 5.56 Å². The Morgan fingerprint density at radius 3 is 2.41 bits per heavy atom. The summed E-state index contributed by atoms with van der Waals surface area (Å²) < 4.78 is 6.13. The molecule has 0 saturated carbocycles. The molecule has 0 aliphatic carbocycles. The van der Waals surface area contributed by atoms with Crippen molar-refractivity contribution in [2.45, 2.75) is 37.8 Å². The van der Waals surface area contributed by atoms with E-state index in [1.807, 2.05) is 36.1 Å². The van der Waals surface area contributed by atoms with Crippen molar-refractivity contribution in [2.75, 3.05) is 33.8 Å². The molecule has 2 heterocycles. The molecule has 2 aliphatic rings. The summed E-state index contributed by atoms with van der Waals surface area (Å²) in [5.41, 5.74) is 1.97. The van der Waals surface area contributed by atoms with Gasteiger partial charge in [0.15, 0.2) is 0 Å². The van der Waals surface area contributed by atoms with Crippen LogP contribution in [-0.4, -0.2) is 61.1 Å². The molecule has 22 heavy (non-hydrogen) atoms. The number of hydrogen-bond donors (Lipinski definition) is 0. The number of carbonyl (C=O) groups is 1. The highest BCUT2D eigenvalue weighted by Crippen LogP contribution is 2.37. The number of likely N-dealkylation sites (tertiary alicyclic amines) is 1. The zero-order chi connectivity index (χ0) is 15.7. The minimum atomic E-state index is -0.000999. The average Bonchev–Trinajstić information content (AvgIpc) is 2.92. The van der Waals surface area contributed by atoms with E-state index in [2.05, 4.69) is 19.0 Å². The van der Waals surface area contributed by atoms with Gasteiger partial charge in [0, 0.05) is 24.7 Å². The van der Waals surface area contributed by atoms with Gasteiger partial charge in [-0.05, 0) is 52.4 Å². The van der Waals surface area contributed by atoms with Gasteiger partial charge in [-0.2, -0.15) is 0 Å². The van der Waals surface area contributed by atoms with E-state index in [1.54, 1.807) is 0 Å². The van der Waals surface area contributed by atoms with Crippen molar-refractivity contribution in [3.63, 3.8) is 0 Å². The van der Waals surface area contributed by atoms with Gasteiger partial charge in [-0.3, -0.25) is 4.79 Å². The van der Waals surface area contributed by atoms with Gasteiger partial charge < -0.3 is 14.5 Å². The van der Waals surface area contributed by atoms with Gasteiger partial charge in [-0.15, -0.1) is 0 Å². The molecular weight excluding hydrogens is 276 g/mol. The van der Waals surface area contributed by atoms with E-state index in [-0.39, 0.29) is 11.5 Å². The Morgan fingerprint density at radius 1 is 1.23 bits per heavy atom. The molecular formula is C18H26N2O2. The topological polar surface area (TPSA) is 32.8 Å². The summed E-state index contributed by atoms with van der Waals surface area (Å²) in [7, 11) is 4.23. The molecule has 4 heteroatoms. The maximum atomic E-state index is 12.6. The van der Waals surface area contributed by atoms with Crippen LogP contribution in [-0.2, 0) is 4.74 Å². The summed E-state index contributed by atoms with van der Waals surface area (Å²) >= 11 is 0. The maximum Gasteiger partial charge on any atom is 0.253 e. The third kappa shape index (κ3) is 3.03. The number of aryl methyl sites for hydroxylation is 1. The lowest BCUT2D eigenvalue weighted by Crippen LogP contribution is -2.46. The van der Waals surface area contributed by atoms with Crippen molar-refractivity contribution in [3.05, 3.63) is 35.4 Å². The van der Waals surface area contributed by atoms with Crippen molar-refractivity contribution < 1.29 is 9.53 Å². The van der Waals surface area contributed by atoms with Crippen molar-refractivity contribution in [1.82, 2.24) is 9.80 Å². The summed E-state index contributed by atoms with van der Waals surface area (Å²) in [6.45, 7) is 4.45. The first-order chi connectivity index (χ1) is 10.5. The SMILES string of the molecule is Cc1ccc(C(=O)N2CCC3(CC2)C[C@@H](N(C)C)CO3)cc1. The Hall–Kier alpha value is -1.39. The summed E-state index contributed by atoms with van der Waals surface area (Å²) in [5.74, 6) is 0.150. The zero-order valence-electron chi connectivity index (χ0n) is 13.8. The normalized spacial score (nSPS) is 24.2. The third-order valence-corrected chi connectivity index (χ3v) is 5.18. The third-order valence-electron chi connectivity index (χ3n) is 5.18. The summed E-state index contributed by atoms with van der Waals surface area (Å²) in [6.07, 6.45) is 3.00. The molecule has 1 atom stereocenters. The van der Waals surface area contributed by atoms with E-state index < -0.39 is 0 Å². The number of ether oxygens (including phenoxy) is 1. The number of nitrogens with zero attached hydrogens (tertiary/aromatic N) is 2. The molecule has 3 rings (SSSR count). The van der Waals surface area contributed by atoms with Crippen molar-refractivity contribution in [3.8, 4) is 0 Å². The first-order valence-electron chi connectivity index (χ1n) is 8.15.